The van der Waals surface area contributed by atoms with E-state index in [-0.39, 0.29) is 25.4 Å². The van der Waals surface area contributed by atoms with Crippen LogP contribution in [0, 0.1) is 5.92 Å². The fraction of sp³-hybridized carbons (Fsp3) is 0.417. The van der Waals surface area contributed by atoms with Gasteiger partial charge in [0.2, 0.25) is 0 Å². The molecule has 1 saturated carbocycles. The van der Waals surface area contributed by atoms with E-state index in [4.69, 9.17) is 9.47 Å². The molecule has 1 aromatic heterocycles. The molecule has 9 nitrogen and oxygen atoms in total. The van der Waals surface area contributed by atoms with Gasteiger partial charge >= 0.3 is 11.8 Å². The van der Waals surface area contributed by atoms with E-state index in [1.165, 1.54) is 54.5 Å². The number of rotatable bonds is 12. The van der Waals surface area contributed by atoms with Gasteiger partial charge in [0, 0.05) is 26.2 Å². The van der Waals surface area contributed by atoms with Gasteiger partial charge in [0.1, 0.15) is 25.3 Å². The minimum absolute atomic E-state index is 0.168. The van der Waals surface area contributed by atoms with E-state index in [1.54, 1.807) is 15.8 Å². The molecular weight excluding hydrogens is 566 g/mol. The Hall–Kier alpha value is -4.37. The van der Waals surface area contributed by atoms with Crippen molar-refractivity contribution in [2.24, 2.45) is 5.92 Å². The van der Waals surface area contributed by atoms with Gasteiger partial charge in [0.15, 0.2) is 0 Å². The fourth-order valence-corrected chi connectivity index (χ4v) is 6.42. The van der Waals surface area contributed by atoms with Crippen LogP contribution in [0.4, 0.5) is 4.79 Å². The van der Waals surface area contributed by atoms with Crippen LogP contribution in [0.2, 0.25) is 0 Å². The Bertz CT molecular complexity index is 1580. The molecule has 1 amide bonds. The van der Waals surface area contributed by atoms with Crippen molar-refractivity contribution in [2.75, 3.05) is 32.8 Å². The molecule has 0 bridgehead atoms. The van der Waals surface area contributed by atoms with E-state index in [9.17, 15) is 9.59 Å². The number of aromatic nitrogens is 3. The number of para-hydroxylation sites is 1. The molecule has 1 fully saturated rings. The van der Waals surface area contributed by atoms with Gasteiger partial charge in [-0.05, 0) is 66.1 Å². The largest absolute Gasteiger partial charge is 0.492 e. The molecule has 9 heteroatoms. The fourth-order valence-electron chi connectivity index (χ4n) is 6.42. The molecule has 45 heavy (non-hydrogen) atoms. The van der Waals surface area contributed by atoms with Gasteiger partial charge in [0.25, 0.3) is 0 Å². The monoisotopic (exact) mass is 609 g/mol. The summed E-state index contributed by atoms with van der Waals surface area (Å²) in [6.07, 6.45) is 8.96. The second kappa shape index (κ2) is 15.1. The molecule has 0 saturated heterocycles. The van der Waals surface area contributed by atoms with Crippen molar-refractivity contribution in [2.45, 2.75) is 58.2 Å². The van der Waals surface area contributed by atoms with Crippen LogP contribution in [0.1, 0.15) is 48.8 Å². The highest BCUT2D eigenvalue weighted by Crippen LogP contribution is 2.27. The smallest absolute Gasteiger partial charge is 0.410 e. The Morgan fingerprint density at radius 1 is 0.911 bits per heavy atom. The van der Waals surface area contributed by atoms with Crippen LogP contribution < -0.4 is 10.4 Å². The highest BCUT2D eigenvalue weighted by Gasteiger charge is 2.22. The highest BCUT2D eigenvalue weighted by atomic mass is 16.6. The highest BCUT2D eigenvalue weighted by molar-refractivity contribution is 5.67. The standard InChI is InChI=1S/C36H43N5O4/c42-35-40(33-17-16-32-26-38(19-18-31(32)24-33)25-29-10-4-1-5-11-29)28-37-41(35)21-20-39(22-23-44-34-14-8-3-9-15-34)36(43)45-27-30-12-6-2-7-13-30/h2-3,6-9,12-17,24,28-29H,1,4-5,10-11,18-23,25-27H2. The first-order valence-corrected chi connectivity index (χ1v) is 16.2. The van der Waals surface area contributed by atoms with Gasteiger partial charge in [-0.2, -0.15) is 5.10 Å². The van der Waals surface area contributed by atoms with E-state index in [0.717, 1.165) is 42.4 Å². The van der Waals surface area contributed by atoms with Crippen LogP contribution in [0.25, 0.3) is 5.69 Å². The normalized spacial score (nSPS) is 15.4. The second-order valence-electron chi connectivity index (χ2n) is 12.1. The lowest BCUT2D eigenvalue weighted by molar-refractivity contribution is 0.0884. The van der Waals surface area contributed by atoms with Crippen LogP contribution >= 0.6 is 0 Å². The molecule has 1 aliphatic carbocycles. The molecule has 0 N–H and O–H groups in total. The maximum absolute atomic E-state index is 13.4. The molecule has 0 radical (unpaired) electrons. The van der Waals surface area contributed by atoms with Crippen molar-refractivity contribution < 1.29 is 14.3 Å². The van der Waals surface area contributed by atoms with Crippen molar-refractivity contribution >= 4 is 6.09 Å². The third kappa shape index (κ3) is 8.22. The lowest BCUT2D eigenvalue weighted by Gasteiger charge is -2.33. The molecular formula is C36H43N5O4. The zero-order chi connectivity index (χ0) is 30.8. The lowest BCUT2D eigenvalue weighted by atomic mass is 9.88. The molecule has 6 rings (SSSR count). The number of hydrogen-bond donors (Lipinski definition) is 0. The zero-order valence-corrected chi connectivity index (χ0v) is 25.9. The van der Waals surface area contributed by atoms with E-state index >= 15 is 0 Å². The van der Waals surface area contributed by atoms with Gasteiger partial charge < -0.3 is 14.4 Å². The summed E-state index contributed by atoms with van der Waals surface area (Å²) in [5.74, 6) is 1.56. The maximum Gasteiger partial charge on any atom is 0.410 e. The molecule has 3 aromatic carbocycles. The third-order valence-electron chi connectivity index (χ3n) is 8.95. The zero-order valence-electron chi connectivity index (χ0n) is 25.9. The summed E-state index contributed by atoms with van der Waals surface area (Å²) in [4.78, 5) is 30.7. The Balaban J connectivity index is 1.08. The predicted octanol–water partition coefficient (Wildman–Crippen LogP) is 5.69. The molecule has 2 heterocycles. The van der Waals surface area contributed by atoms with Crippen molar-refractivity contribution in [3.63, 3.8) is 0 Å². The van der Waals surface area contributed by atoms with Crippen LogP contribution in [-0.4, -0.2) is 63.0 Å². The summed E-state index contributed by atoms with van der Waals surface area (Å²) in [5.41, 5.74) is 4.15. The van der Waals surface area contributed by atoms with Gasteiger partial charge in [0.05, 0.1) is 18.8 Å². The number of carbonyl (C=O) groups is 1. The minimum atomic E-state index is -0.463. The molecule has 1 aliphatic heterocycles. The van der Waals surface area contributed by atoms with Crippen molar-refractivity contribution in [1.29, 1.82) is 0 Å². The number of carbonyl (C=O) groups excluding carboxylic acids is 1. The average molecular weight is 610 g/mol. The topological polar surface area (TPSA) is 81.8 Å². The van der Waals surface area contributed by atoms with Crippen LogP contribution in [0.3, 0.4) is 0 Å². The van der Waals surface area contributed by atoms with Crippen molar-refractivity contribution in [3.8, 4) is 11.4 Å². The number of ether oxygens (including phenoxy) is 2. The van der Waals surface area contributed by atoms with Gasteiger partial charge in [-0.25, -0.2) is 18.8 Å². The van der Waals surface area contributed by atoms with E-state index in [2.05, 4.69) is 22.1 Å². The Morgan fingerprint density at radius 2 is 1.69 bits per heavy atom. The first kappa shape index (κ1) is 30.6. The first-order chi connectivity index (χ1) is 22.1. The van der Waals surface area contributed by atoms with Crippen LogP contribution in [-0.2, 0) is 30.9 Å². The van der Waals surface area contributed by atoms with Gasteiger partial charge in [-0.1, -0.05) is 73.9 Å². The maximum atomic E-state index is 13.4. The molecule has 2 aliphatic rings. The number of benzene rings is 3. The van der Waals surface area contributed by atoms with Crippen molar-refractivity contribution in [3.05, 3.63) is 112 Å². The summed E-state index contributed by atoms with van der Waals surface area (Å²) in [6.45, 7) is 4.49. The Morgan fingerprint density at radius 3 is 2.49 bits per heavy atom. The SMILES string of the molecule is O=C(OCc1ccccc1)N(CCOc1ccccc1)CCn1ncn(-c2ccc3c(c2)CCN(CC2CCCCC2)C3)c1=O. The first-order valence-electron chi connectivity index (χ1n) is 16.2. The number of hydrogen-bond acceptors (Lipinski definition) is 6. The Kier molecular flexibility index (Phi) is 10.3. The quantitative estimate of drug-likeness (QED) is 0.205. The van der Waals surface area contributed by atoms with Crippen LogP contribution in [0.5, 0.6) is 5.75 Å². The third-order valence-corrected chi connectivity index (χ3v) is 8.95. The summed E-state index contributed by atoms with van der Waals surface area (Å²) >= 11 is 0. The number of amides is 1. The Labute approximate surface area is 265 Å². The second-order valence-corrected chi connectivity index (χ2v) is 12.1. The summed E-state index contributed by atoms with van der Waals surface area (Å²) in [6, 6.07) is 25.4. The average Bonchev–Trinajstić information content (AvgIpc) is 3.46. The van der Waals surface area contributed by atoms with Gasteiger partial charge in [-0.15, -0.1) is 0 Å². The lowest BCUT2D eigenvalue weighted by Crippen LogP contribution is -2.39. The van der Waals surface area contributed by atoms with Crippen LogP contribution in [0.15, 0.2) is 90.0 Å². The van der Waals surface area contributed by atoms with Gasteiger partial charge in [-0.3, -0.25) is 4.90 Å². The van der Waals surface area contributed by atoms with E-state index in [1.807, 2.05) is 66.7 Å². The molecule has 0 unspecified atom stereocenters. The minimum Gasteiger partial charge on any atom is -0.492 e. The van der Waals surface area contributed by atoms with E-state index < -0.39 is 6.09 Å². The van der Waals surface area contributed by atoms with E-state index in [0.29, 0.717) is 13.2 Å². The number of nitrogens with zero attached hydrogens (tertiary/aromatic N) is 5. The summed E-state index contributed by atoms with van der Waals surface area (Å²) in [7, 11) is 0. The molecule has 236 valence electrons. The summed E-state index contributed by atoms with van der Waals surface area (Å²) in [5, 5.41) is 4.38. The molecule has 4 aromatic rings. The predicted molar refractivity (Wildman–Crippen MR) is 174 cm³/mol. The molecule has 0 spiro atoms. The number of fused-ring (bicyclic) bond motifs is 1. The summed E-state index contributed by atoms with van der Waals surface area (Å²) < 4.78 is 14.4. The van der Waals surface area contributed by atoms with Crippen molar-refractivity contribution in [1.82, 2.24) is 24.1 Å². The molecule has 0 atom stereocenters.